The fraction of sp³-hybridized carbons (Fsp3) is 0.333. The molecule has 1 rings (SSSR count). The SMILES string of the molecule is Nc1nnc(C(Cl)(Cl)Cl)s1. The van der Waals surface area contributed by atoms with Gasteiger partial charge >= 0.3 is 0 Å². The van der Waals surface area contributed by atoms with Gasteiger partial charge in [-0.15, -0.1) is 10.2 Å². The number of halogens is 3. The van der Waals surface area contributed by atoms with Crippen LogP contribution in [0.25, 0.3) is 0 Å². The number of nitrogens with zero attached hydrogens (tertiary/aromatic N) is 2. The maximum absolute atomic E-state index is 5.46. The van der Waals surface area contributed by atoms with Crippen LogP contribution in [-0.4, -0.2) is 10.2 Å². The van der Waals surface area contributed by atoms with Gasteiger partial charge in [-0.25, -0.2) is 0 Å². The quantitative estimate of drug-likeness (QED) is 0.677. The average molecular weight is 218 g/mol. The summed E-state index contributed by atoms with van der Waals surface area (Å²) in [5, 5.41) is 7.59. The zero-order valence-electron chi connectivity index (χ0n) is 4.51. The Morgan fingerprint density at radius 1 is 1.30 bits per heavy atom. The topological polar surface area (TPSA) is 51.8 Å². The zero-order chi connectivity index (χ0) is 7.78. The predicted molar refractivity (Wildman–Crippen MR) is 43.6 cm³/mol. The van der Waals surface area contributed by atoms with Gasteiger partial charge in [0, 0.05) is 0 Å². The lowest BCUT2D eigenvalue weighted by atomic mass is 10.8. The minimum Gasteiger partial charge on any atom is -0.374 e. The summed E-state index contributed by atoms with van der Waals surface area (Å²) in [5.41, 5.74) is 5.24. The van der Waals surface area contributed by atoms with E-state index in [4.69, 9.17) is 40.5 Å². The summed E-state index contributed by atoms with van der Waals surface area (Å²) in [6, 6.07) is 0. The van der Waals surface area contributed by atoms with Crippen LogP contribution in [0.4, 0.5) is 5.13 Å². The molecule has 0 atom stereocenters. The Morgan fingerprint density at radius 2 is 1.90 bits per heavy atom. The van der Waals surface area contributed by atoms with E-state index in [1.54, 1.807) is 0 Å². The standard InChI is InChI=1S/C3H2Cl3N3S/c4-3(5,6)1-8-9-2(7)10-1/h(H2,7,9). The number of anilines is 1. The van der Waals surface area contributed by atoms with Crippen LogP contribution in [-0.2, 0) is 3.79 Å². The third kappa shape index (κ3) is 1.85. The van der Waals surface area contributed by atoms with E-state index in [9.17, 15) is 0 Å². The lowest BCUT2D eigenvalue weighted by Crippen LogP contribution is -1.98. The molecule has 0 spiro atoms. The monoisotopic (exact) mass is 217 g/mol. The second-order valence-corrected chi connectivity index (χ2v) is 4.73. The number of rotatable bonds is 0. The second-order valence-electron chi connectivity index (χ2n) is 1.44. The van der Waals surface area contributed by atoms with Gasteiger partial charge in [-0.1, -0.05) is 46.1 Å². The number of nitrogen functional groups attached to an aromatic ring is 1. The van der Waals surface area contributed by atoms with Crippen molar-refractivity contribution in [1.29, 1.82) is 0 Å². The Bertz CT molecular complexity index is 229. The molecule has 56 valence electrons. The molecule has 0 unspecified atom stereocenters. The van der Waals surface area contributed by atoms with Crippen molar-refractivity contribution in [2.45, 2.75) is 3.79 Å². The van der Waals surface area contributed by atoms with Gasteiger partial charge in [-0.3, -0.25) is 0 Å². The van der Waals surface area contributed by atoms with Crippen LogP contribution in [0.1, 0.15) is 5.01 Å². The third-order valence-electron chi connectivity index (χ3n) is 0.683. The van der Waals surface area contributed by atoms with E-state index in [2.05, 4.69) is 10.2 Å². The highest BCUT2D eigenvalue weighted by Gasteiger charge is 2.27. The summed E-state index contributed by atoms with van der Waals surface area (Å²) in [6.45, 7) is 0. The molecule has 0 radical (unpaired) electrons. The minimum atomic E-state index is -1.50. The average Bonchev–Trinajstić information content (AvgIpc) is 2.11. The van der Waals surface area contributed by atoms with Crippen molar-refractivity contribution < 1.29 is 0 Å². The normalized spacial score (nSPS) is 11.9. The maximum atomic E-state index is 5.46. The van der Waals surface area contributed by atoms with E-state index >= 15 is 0 Å². The molecule has 0 amide bonds. The van der Waals surface area contributed by atoms with Gasteiger partial charge in [-0.05, 0) is 0 Å². The van der Waals surface area contributed by atoms with Gasteiger partial charge < -0.3 is 5.73 Å². The Morgan fingerprint density at radius 3 is 2.10 bits per heavy atom. The van der Waals surface area contributed by atoms with Crippen LogP contribution in [0.2, 0.25) is 0 Å². The smallest absolute Gasteiger partial charge is 0.244 e. The number of alkyl halides is 3. The molecule has 0 fully saturated rings. The Balaban J connectivity index is 2.96. The van der Waals surface area contributed by atoms with Gasteiger partial charge in [0.05, 0.1) is 0 Å². The molecule has 1 heterocycles. The van der Waals surface area contributed by atoms with E-state index < -0.39 is 3.79 Å². The highest BCUT2D eigenvalue weighted by atomic mass is 35.6. The van der Waals surface area contributed by atoms with Crippen molar-refractivity contribution >= 4 is 51.3 Å². The van der Waals surface area contributed by atoms with Gasteiger partial charge in [0.2, 0.25) is 8.92 Å². The van der Waals surface area contributed by atoms with Crippen molar-refractivity contribution in [2.75, 3.05) is 5.73 Å². The first-order valence-electron chi connectivity index (χ1n) is 2.16. The minimum absolute atomic E-state index is 0.287. The summed E-state index contributed by atoms with van der Waals surface area (Å²) >= 11 is 17.4. The zero-order valence-corrected chi connectivity index (χ0v) is 7.60. The molecule has 0 saturated carbocycles. The molecule has 0 bridgehead atoms. The van der Waals surface area contributed by atoms with Gasteiger partial charge in [-0.2, -0.15) is 0 Å². The molecule has 7 heteroatoms. The van der Waals surface area contributed by atoms with Crippen molar-refractivity contribution in [3.05, 3.63) is 5.01 Å². The number of nitrogens with two attached hydrogens (primary N) is 1. The van der Waals surface area contributed by atoms with Crippen LogP contribution in [0.3, 0.4) is 0 Å². The lowest BCUT2D eigenvalue weighted by Gasteiger charge is -2.02. The van der Waals surface area contributed by atoms with E-state index in [1.165, 1.54) is 0 Å². The molecular formula is C3H2Cl3N3S. The summed E-state index contributed by atoms with van der Waals surface area (Å²) in [7, 11) is 0. The fourth-order valence-corrected chi connectivity index (χ4v) is 1.29. The van der Waals surface area contributed by atoms with Crippen LogP contribution >= 0.6 is 46.1 Å². The lowest BCUT2D eigenvalue weighted by molar-refractivity contribution is 1.01. The van der Waals surface area contributed by atoms with Gasteiger partial charge in [0.1, 0.15) is 0 Å². The van der Waals surface area contributed by atoms with Crippen molar-refractivity contribution in [1.82, 2.24) is 10.2 Å². The maximum Gasteiger partial charge on any atom is 0.244 e. The van der Waals surface area contributed by atoms with E-state index in [-0.39, 0.29) is 5.01 Å². The first kappa shape index (κ1) is 8.33. The largest absolute Gasteiger partial charge is 0.374 e. The van der Waals surface area contributed by atoms with E-state index in [1.807, 2.05) is 0 Å². The van der Waals surface area contributed by atoms with Crippen LogP contribution in [0.15, 0.2) is 0 Å². The Labute approximate surface area is 76.1 Å². The summed E-state index contributed by atoms with van der Waals surface area (Å²) in [4.78, 5) is 0. The molecule has 0 aliphatic carbocycles. The van der Waals surface area contributed by atoms with Crippen molar-refractivity contribution in [3.8, 4) is 0 Å². The molecule has 1 aromatic heterocycles. The van der Waals surface area contributed by atoms with Gasteiger partial charge in [0.25, 0.3) is 0 Å². The fourth-order valence-electron chi connectivity index (χ4n) is 0.349. The molecule has 0 saturated heterocycles. The molecule has 1 aromatic rings. The van der Waals surface area contributed by atoms with Crippen LogP contribution in [0, 0.1) is 0 Å². The molecule has 0 aliphatic heterocycles. The van der Waals surface area contributed by atoms with E-state index in [0.717, 1.165) is 11.3 Å². The van der Waals surface area contributed by atoms with Crippen molar-refractivity contribution in [3.63, 3.8) is 0 Å². The number of aromatic nitrogens is 2. The first-order valence-corrected chi connectivity index (χ1v) is 4.11. The predicted octanol–water partition coefficient (Wildman–Crippen LogP) is 1.95. The number of hydrogen-bond acceptors (Lipinski definition) is 4. The summed E-state index contributed by atoms with van der Waals surface area (Å²) < 4.78 is -1.50. The summed E-state index contributed by atoms with van der Waals surface area (Å²) in [6.07, 6.45) is 0. The molecule has 10 heavy (non-hydrogen) atoms. The highest BCUT2D eigenvalue weighted by molar-refractivity contribution is 7.16. The number of hydrogen-bond donors (Lipinski definition) is 1. The molecular weight excluding hydrogens is 216 g/mol. The highest BCUT2D eigenvalue weighted by Crippen LogP contribution is 2.39. The molecule has 3 nitrogen and oxygen atoms in total. The van der Waals surface area contributed by atoms with Crippen LogP contribution < -0.4 is 5.73 Å². The second kappa shape index (κ2) is 2.70. The van der Waals surface area contributed by atoms with Gasteiger partial charge in [0.15, 0.2) is 5.01 Å². The molecule has 0 aliphatic rings. The first-order chi connectivity index (χ1) is 4.50. The van der Waals surface area contributed by atoms with Crippen molar-refractivity contribution in [2.24, 2.45) is 0 Å². The Hall–Kier alpha value is 0.230. The molecule has 2 N–H and O–H groups in total. The third-order valence-corrected chi connectivity index (χ3v) is 2.43. The molecule has 0 aromatic carbocycles. The van der Waals surface area contributed by atoms with Crippen LogP contribution in [0.5, 0.6) is 0 Å². The van der Waals surface area contributed by atoms with E-state index in [0.29, 0.717) is 5.13 Å². The Kier molecular flexibility index (Phi) is 2.24. The summed E-state index contributed by atoms with van der Waals surface area (Å²) in [5.74, 6) is 0.